The molecule has 0 aromatic heterocycles. The lowest BCUT2D eigenvalue weighted by Gasteiger charge is -2.43. The van der Waals surface area contributed by atoms with Gasteiger partial charge < -0.3 is 10.4 Å². The Hall–Kier alpha value is -2.00. The van der Waals surface area contributed by atoms with Crippen LogP contribution in [0.5, 0.6) is 0 Å². The lowest BCUT2D eigenvalue weighted by molar-refractivity contribution is -0.154. The number of amides is 1. The quantitative estimate of drug-likeness (QED) is 0.845. The third kappa shape index (κ3) is 2.15. The van der Waals surface area contributed by atoms with Crippen molar-refractivity contribution in [3.63, 3.8) is 0 Å². The maximum atomic E-state index is 13.7. The highest BCUT2D eigenvalue weighted by molar-refractivity contribution is 7.89. The molecule has 0 unspecified atom stereocenters. The van der Waals surface area contributed by atoms with Crippen LogP contribution in [0, 0.1) is 17.7 Å². The zero-order valence-electron chi connectivity index (χ0n) is 13.1. The zero-order chi connectivity index (χ0) is 17.9. The summed E-state index contributed by atoms with van der Waals surface area (Å²) in [5.74, 6) is -2.75. The second kappa shape index (κ2) is 5.25. The molecule has 3 aliphatic rings. The van der Waals surface area contributed by atoms with Gasteiger partial charge in [-0.05, 0) is 36.5 Å². The first-order valence-electron chi connectivity index (χ1n) is 7.44. The number of aliphatic carboxylic acids is 1. The summed E-state index contributed by atoms with van der Waals surface area (Å²) in [5, 5.41) is 11.8. The van der Waals surface area contributed by atoms with E-state index < -0.39 is 33.3 Å². The van der Waals surface area contributed by atoms with Crippen molar-refractivity contribution in [2.24, 2.45) is 11.8 Å². The Kier molecular flexibility index (Phi) is 3.68. The smallest absolute Gasteiger partial charge is 0.325 e. The van der Waals surface area contributed by atoms with Gasteiger partial charge in [0.2, 0.25) is 15.9 Å². The lowest BCUT2D eigenvalue weighted by Crippen LogP contribution is -2.59. The third-order valence-electron chi connectivity index (χ3n) is 5.09. The molecule has 2 aliphatic heterocycles. The van der Waals surface area contributed by atoms with Gasteiger partial charge in [0.05, 0.1) is 10.6 Å². The molecule has 4 rings (SSSR count). The number of carboxylic acid groups (broad SMARTS) is 1. The minimum atomic E-state index is -4.12. The second-order valence-electron chi connectivity index (χ2n) is 6.34. The van der Waals surface area contributed by atoms with E-state index in [1.807, 2.05) is 0 Å². The fourth-order valence-corrected chi connectivity index (χ4v) is 5.59. The summed E-state index contributed by atoms with van der Waals surface area (Å²) in [4.78, 5) is 22.6. The molecule has 24 heavy (non-hydrogen) atoms. The average Bonchev–Trinajstić information content (AvgIpc) is 3.03. The summed E-state index contributed by atoms with van der Waals surface area (Å²) in [5.41, 5.74) is -1.70. The fourth-order valence-electron chi connectivity index (χ4n) is 3.70. The number of benzene rings is 1. The van der Waals surface area contributed by atoms with Crippen molar-refractivity contribution in [3.05, 3.63) is 24.0 Å². The van der Waals surface area contributed by atoms with Crippen molar-refractivity contribution in [3.8, 4) is 0 Å². The van der Waals surface area contributed by atoms with Crippen molar-refractivity contribution in [2.45, 2.75) is 30.7 Å². The number of carbonyl (C=O) groups excluding carboxylic acids is 1. The van der Waals surface area contributed by atoms with Crippen LogP contribution in [-0.2, 0) is 19.6 Å². The minimum Gasteiger partial charge on any atom is -0.480 e. The molecule has 9 heteroatoms. The maximum Gasteiger partial charge on any atom is 0.325 e. The van der Waals surface area contributed by atoms with Crippen LogP contribution in [0.15, 0.2) is 23.1 Å². The number of hydrogen-bond donors (Lipinski definition) is 2. The van der Waals surface area contributed by atoms with Crippen LogP contribution < -0.4 is 5.32 Å². The first kappa shape index (κ1) is 16.8. The molecule has 2 N–H and O–H groups in total. The largest absolute Gasteiger partial charge is 0.480 e. The van der Waals surface area contributed by atoms with E-state index >= 15 is 0 Å². The summed E-state index contributed by atoms with van der Waals surface area (Å²) >= 11 is 0. The van der Waals surface area contributed by atoms with E-state index in [1.165, 1.54) is 6.92 Å². The predicted molar refractivity (Wildman–Crippen MR) is 82.2 cm³/mol. The van der Waals surface area contributed by atoms with Crippen molar-refractivity contribution >= 4 is 27.6 Å². The Morgan fingerprint density at radius 3 is 2.62 bits per heavy atom. The number of carboxylic acids is 1. The number of sulfonamides is 1. The monoisotopic (exact) mass is 356 g/mol. The third-order valence-corrected chi connectivity index (χ3v) is 6.99. The molecule has 3 fully saturated rings. The molecular formula is C15H17FN2O5S. The van der Waals surface area contributed by atoms with Gasteiger partial charge in [0, 0.05) is 13.5 Å². The molecule has 2 saturated heterocycles. The van der Waals surface area contributed by atoms with E-state index in [0.29, 0.717) is 0 Å². The molecule has 2 bridgehead atoms. The number of nitrogens with one attached hydrogen (secondary N) is 1. The van der Waals surface area contributed by atoms with E-state index in [1.54, 1.807) is 6.92 Å². The molecule has 1 aliphatic carbocycles. The molecule has 7 nitrogen and oxygen atoms in total. The number of hydrogen-bond acceptors (Lipinski definition) is 4. The molecule has 1 saturated carbocycles. The summed E-state index contributed by atoms with van der Waals surface area (Å²) in [7, 11) is -4.12. The van der Waals surface area contributed by atoms with Gasteiger partial charge >= 0.3 is 5.97 Å². The molecule has 0 spiro atoms. The molecule has 130 valence electrons. The Labute approximate surface area is 138 Å². The summed E-state index contributed by atoms with van der Waals surface area (Å²) in [6, 6.07) is 3.03. The van der Waals surface area contributed by atoms with Crippen LogP contribution in [0.1, 0.15) is 20.3 Å². The Morgan fingerprint density at radius 2 is 2.08 bits per heavy atom. The molecule has 2 heterocycles. The van der Waals surface area contributed by atoms with E-state index in [9.17, 15) is 27.5 Å². The average molecular weight is 356 g/mol. The van der Waals surface area contributed by atoms with Gasteiger partial charge in [0.1, 0.15) is 11.4 Å². The van der Waals surface area contributed by atoms with Gasteiger partial charge in [-0.1, -0.05) is 6.92 Å². The van der Waals surface area contributed by atoms with Gasteiger partial charge in [-0.25, -0.2) is 12.8 Å². The molecule has 1 aromatic rings. The normalized spacial score (nSPS) is 29.1. The van der Waals surface area contributed by atoms with Gasteiger partial charge in [-0.2, -0.15) is 4.31 Å². The van der Waals surface area contributed by atoms with Gasteiger partial charge in [0.25, 0.3) is 0 Å². The second-order valence-corrected chi connectivity index (χ2v) is 8.20. The van der Waals surface area contributed by atoms with E-state index in [2.05, 4.69) is 5.32 Å². The first-order chi connectivity index (χ1) is 11.1. The van der Waals surface area contributed by atoms with Crippen LogP contribution in [0.25, 0.3) is 0 Å². The zero-order valence-corrected chi connectivity index (χ0v) is 13.9. The molecule has 0 radical (unpaired) electrons. The number of rotatable bonds is 4. The SMILES string of the molecule is CC(=O)Nc1cc(S(=O)(=O)N2C[C@@H]3C[C@@]2(C(=O)O)[C@@H]3C)ccc1F. The number of anilines is 1. The summed E-state index contributed by atoms with van der Waals surface area (Å²) in [6.07, 6.45) is 0.280. The van der Waals surface area contributed by atoms with Crippen LogP contribution in [0.4, 0.5) is 10.1 Å². The fraction of sp³-hybridized carbons (Fsp3) is 0.467. The predicted octanol–water partition coefficient (Wildman–Crippen LogP) is 1.27. The molecule has 1 aromatic carbocycles. The first-order valence-corrected chi connectivity index (χ1v) is 8.88. The highest BCUT2D eigenvalue weighted by Crippen LogP contribution is 2.57. The van der Waals surface area contributed by atoms with E-state index in [0.717, 1.165) is 22.5 Å². The van der Waals surface area contributed by atoms with Crippen LogP contribution in [0.3, 0.4) is 0 Å². The van der Waals surface area contributed by atoms with Crippen molar-refractivity contribution in [1.29, 1.82) is 0 Å². The Bertz CT molecular complexity index is 840. The lowest BCUT2D eigenvalue weighted by atomic mass is 9.64. The minimum absolute atomic E-state index is 0.00568. The van der Waals surface area contributed by atoms with Crippen molar-refractivity contribution in [1.82, 2.24) is 4.31 Å². The summed E-state index contributed by atoms with van der Waals surface area (Å²) in [6.45, 7) is 3.03. The number of fused-ring (bicyclic) bond motifs is 1. The Balaban J connectivity index is 2.03. The number of nitrogens with zero attached hydrogens (tertiary/aromatic N) is 1. The molecular weight excluding hydrogens is 339 g/mol. The standard InChI is InChI=1S/C15H17FN2O5S/c1-8-10-6-15(8,14(20)21)18(7-10)24(22,23)11-3-4-12(16)13(5-11)17-9(2)19/h3-5,8,10H,6-7H2,1-2H3,(H,17,19)(H,20,21)/t8-,10+,15+/m1/s1. The number of halogens is 1. The molecule has 3 atom stereocenters. The van der Waals surface area contributed by atoms with Gasteiger partial charge in [-0.3, -0.25) is 9.59 Å². The van der Waals surface area contributed by atoms with Crippen molar-refractivity contribution in [2.75, 3.05) is 11.9 Å². The van der Waals surface area contributed by atoms with E-state index in [-0.39, 0.29) is 35.4 Å². The summed E-state index contributed by atoms with van der Waals surface area (Å²) < 4.78 is 40.5. The van der Waals surface area contributed by atoms with Gasteiger partial charge in [0.15, 0.2) is 0 Å². The Morgan fingerprint density at radius 1 is 1.42 bits per heavy atom. The van der Waals surface area contributed by atoms with Crippen LogP contribution >= 0.6 is 0 Å². The maximum absolute atomic E-state index is 13.7. The molecule has 1 amide bonds. The van der Waals surface area contributed by atoms with E-state index in [4.69, 9.17) is 0 Å². The topological polar surface area (TPSA) is 104 Å². The van der Waals surface area contributed by atoms with Crippen molar-refractivity contribution < 1.29 is 27.5 Å². The van der Waals surface area contributed by atoms with Gasteiger partial charge in [-0.15, -0.1) is 0 Å². The highest BCUT2D eigenvalue weighted by Gasteiger charge is 2.69. The number of carbonyl (C=O) groups is 2. The van der Waals surface area contributed by atoms with Crippen LogP contribution in [-0.4, -0.2) is 41.8 Å². The highest BCUT2D eigenvalue weighted by atomic mass is 32.2. The van der Waals surface area contributed by atoms with Crippen LogP contribution in [0.2, 0.25) is 0 Å².